The minimum Gasteiger partial charge on any atom is -0.370 e. The number of nitrogens with zero attached hydrogens (tertiary/aromatic N) is 3. The highest BCUT2D eigenvalue weighted by Crippen LogP contribution is 2.36. The summed E-state index contributed by atoms with van der Waals surface area (Å²) >= 11 is 0. The second-order valence-electron chi connectivity index (χ2n) is 8.08. The normalized spacial score (nSPS) is 16.8. The number of aryl methyl sites for hydroxylation is 1. The van der Waals surface area contributed by atoms with Crippen molar-refractivity contribution < 1.29 is 17.7 Å². The zero-order valence-corrected chi connectivity index (χ0v) is 17.8. The molecule has 0 saturated carbocycles. The molecule has 6 nitrogen and oxygen atoms in total. The molecule has 0 radical (unpaired) electrons. The van der Waals surface area contributed by atoms with E-state index in [1.165, 1.54) is 12.5 Å². The predicted octanol–water partition coefficient (Wildman–Crippen LogP) is 5.69. The molecule has 0 amide bonds. The number of alkyl halides is 3. The van der Waals surface area contributed by atoms with Crippen LogP contribution in [0.5, 0.6) is 0 Å². The molecule has 0 aliphatic carbocycles. The molecule has 1 aliphatic rings. The molecule has 3 N–H and O–H groups in total. The molecular weight excluding hydrogens is 407 g/mol. The number of guanidine groups is 1. The Kier molecular flexibility index (Phi) is 7.56. The minimum absolute atomic E-state index is 0.0827. The van der Waals surface area contributed by atoms with Gasteiger partial charge in [0.2, 0.25) is 11.7 Å². The van der Waals surface area contributed by atoms with Crippen molar-refractivity contribution >= 4 is 5.96 Å². The van der Waals surface area contributed by atoms with E-state index in [0.29, 0.717) is 24.9 Å². The number of halogens is 3. The lowest BCUT2D eigenvalue weighted by atomic mass is 9.97. The van der Waals surface area contributed by atoms with Crippen molar-refractivity contribution in [3.05, 3.63) is 35.2 Å². The minimum atomic E-state index is -4.45. The molecule has 0 bridgehead atoms. The zero-order chi connectivity index (χ0) is 22.4. The zero-order valence-electron chi connectivity index (χ0n) is 17.8. The van der Waals surface area contributed by atoms with Crippen molar-refractivity contribution in [2.45, 2.75) is 76.9 Å². The smallest absolute Gasteiger partial charge is 0.370 e. The molecular formula is C22H30F3N5O. The van der Waals surface area contributed by atoms with Gasteiger partial charge in [-0.3, -0.25) is 5.41 Å². The van der Waals surface area contributed by atoms with Crippen LogP contribution in [0, 0.1) is 5.41 Å². The molecule has 1 aliphatic heterocycles. The van der Waals surface area contributed by atoms with E-state index in [1.807, 2.05) is 0 Å². The summed E-state index contributed by atoms with van der Waals surface area (Å²) in [6.45, 7) is 2.75. The van der Waals surface area contributed by atoms with Gasteiger partial charge in [-0.05, 0) is 37.3 Å². The van der Waals surface area contributed by atoms with E-state index in [9.17, 15) is 13.2 Å². The number of unbranched alkanes of at least 4 members (excludes halogenated alkanes) is 5. The maximum atomic E-state index is 13.7. The Morgan fingerprint density at radius 3 is 2.68 bits per heavy atom. The molecule has 170 valence electrons. The lowest BCUT2D eigenvalue weighted by Crippen LogP contribution is -2.35. The van der Waals surface area contributed by atoms with Gasteiger partial charge in [-0.25, -0.2) is 0 Å². The predicted molar refractivity (Wildman–Crippen MR) is 112 cm³/mol. The quantitative estimate of drug-likeness (QED) is 0.299. The van der Waals surface area contributed by atoms with Crippen molar-refractivity contribution in [2.75, 3.05) is 6.54 Å². The Morgan fingerprint density at radius 2 is 1.97 bits per heavy atom. The Labute approximate surface area is 180 Å². The number of likely N-dealkylation sites (tertiary alicyclic amines) is 1. The van der Waals surface area contributed by atoms with Gasteiger partial charge in [0.15, 0.2) is 5.96 Å². The van der Waals surface area contributed by atoms with E-state index >= 15 is 0 Å². The third kappa shape index (κ3) is 5.77. The van der Waals surface area contributed by atoms with Crippen LogP contribution in [0.15, 0.2) is 22.7 Å². The Hall–Kier alpha value is -2.58. The summed E-state index contributed by atoms with van der Waals surface area (Å²) < 4.78 is 46.4. The molecule has 9 heteroatoms. The maximum Gasteiger partial charge on any atom is 0.416 e. The van der Waals surface area contributed by atoms with Crippen molar-refractivity contribution in [3.63, 3.8) is 0 Å². The summed E-state index contributed by atoms with van der Waals surface area (Å²) in [5.74, 6) is 0.301. The highest BCUT2D eigenvalue weighted by molar-refractivity contribution is 5.75. The van der Waals surface area contributed by atoms with E-state index in [1.54, 1.807) is 11.0 Å². The van der Waals surface area contributed by atoms with Crippen LogP contribution in [0.3, 0.4) is 0 Å². The lowest BCUT2D eigenvalue weighted by molar-refractivity contribution is -0.138. The number of hydrogen-bond acceptors (Lipinski definition) is 4. The van der Waals surface area contributed by atoms with Gasteiger partial charge in [0.25, 0.3) is 0 Å². The number of benzene rings is 1. The lowest BCUT2D eigenvalue weighted by Gasteiger charge is -2.21. The van der Waals surface area contributed by atoms with Crippen LogP contribution in [0.25, 0.3) is 11.4 Å². The van der Waals surface area contributed by atoms with Crippen LogP contribution >= 0.6 is 0 Å². The first kappa shape index (κ1) is 23.1. The van der Waals surface area contributed by atoms with Crippen LogP contribution in [-0.4, -0.2) is 27.5 Å². The van der Waals surface area contributed by atoms with Crippen molar-refractivity contribution in [1.82, 2.24) is 15.0 Å². The summed E-state index contributed by atoms with van der Waals surface area (Å²) in [5, 5.41) is 11.5. The van der Waals surface area contributed by atoms with Gasteiger partial charge in [0.1, 0.15) is 6.04 Å². The fraction of sp³-hybridized carbons (Fsp3) is 0.591. The average Bonchev–Trinajstić information content (AvgIpc) is 3.39. The Balaban J connectivity index is 1.75. The van der Waals surface area contributed by atoms with Crippen molar-refractivity contribution in [1.29, 1.82) is 5.41 Å². The van der Waals surface area contributed by atoms with Gasteiger partial charge in [-0.1, -0.05) is 56.3 Å². The van der Waals surface area contributed by atoms with Gasteiger partial charge in [-0.2, -0.15) is 18.2 Å². The third-order valence-electron chi connectivity index (χ3n) is 5.76. The fourth-order valence-corrected chi connectivity index (χ4v) is 4.09. The van der Waals surface area contributed by atoms with Crippen LogP contribution in [0.4, 0.5) is 13.2 Å². The van der Waals surface area contributed by atoms with E-state index in [2.05, 4.69) is 17.1 Å². The van der Waals surface area contributed by atoms with Crippen LogP contribution in [0.2, 0.25) is 0 Å². The fourth-order valence-electron chi connectivity index (χ4n) is 4.09. The SMILES string of the molecule is CCCCCCCCc1ccc(-c2noc([C@@H]3CCCN3C(=N)N)n2)cc1C(F)(F)F. The molecule has 2 heterocycles. The Bertz CT molecular complexity index is 880. The largest absolute Gasteiger partial charge is 0.416 e. The molecule has 0 spiro atoms. The molecule has 1 aromatic heterocycles. The van der Waals surface area contributed by atoms with Gasteiger partial charge in [0, 0.05) is 12.1 Å². The molecule has 1 atom stereocenters. The average molecular weight is 438 g/mol. The van der Waals surface area contributed by atoms with Crippen LogP contribution in [-0.2, 0) is 12.6 Å². The third-order valence-corrected chi connectivity index (χ3v) is 5.76. The van der Waals surface area contributed by atoms with Gasteiger partial charge in [-0.15, -0.1) is 0 Å². The molecule has 2 aromatic rings. The monoisotopic (exact) mass is 437 g/mol. The Morgan fingerprint density at radius 1 is 1.23 bits per heavy atom. The summed E-state index contributed by atoms with van der Waals surface area (Å²) in [7, 11) is 0. The van der Waals surface area contributed by atoms with E-state index in [-0.39, 0.29) is 29.3 Å². The van der Waals surface area contributed by atoms with E-state index in [0.717, 1.165) is 44.6 Å². The van der Waals surface area contributed by atoms with Gasteiger partial charge < -0.3 is 15.2 Å². The number of nitrogens with one attached hydrogen (secondary N) is 1. The first-order valence-electron chi connectivity index (χ1n) is 11.0. The maximum absolute atomic E-state index is 13.7. The standard InChI is InChI=1S/C22H30F3N5O/c1-2-3-4-5-6-7-9-15-11-12-16(14-17(15)22(23,24)25)19-28-20(31-29-19)18-10-8-13-30(18)21(26)27/h11-12,14,18H,2-10,13H2,1H3,(H3,26,27)/t18-/m0/s1. The number of aromatic nitrogens is 2. The van der Waals surface area contributed by atoms with Crippen LogP contribution < -0.4 is 5.73 Å². The second-order valence-corrected chi connectivity index (χ2v) is 8.08. The summed E-state index contributed by atoms with van der Waals surface area (Å²) in [4.78, 5) is 5.97. The highest BCUT2D eigenvalue weighted by atomic mass is 19.4. The van der Waals surface area contributed by atoms with E-state index < -0.39 is 11.7 Å². The molecule has 0 unspecified atom stereocenters. The molecule has 31 heavy (non-hydrogen) atoms. The van der Waals surface area contributed by atoms with Crippen molar-refractivity contribution in [2.24, 2.45) is 5.73 Å². The summed E-state index contributed by atoms with van der Waals surface area (Å²) in [6.07, 6.45) is 3.64. The number of hydrogen-bond donors (Lipinski definition) is 2. The second kappa shape index (κ2) is 10.2. The first-order chi connectivity index (χ1) is 14.8. The summed E-state index contributed by atoms with van der Waals surface area (Å²) in [5.41, 5.74) is 5.52. The topological polar surface area (TPSA) is 92.0 Å². The molecule has 3 rings (SSSR count). The number of nitrogens with two attached hydrogens (primary N) is 1. The first-order valence-corrected chi connectivity index (χ1v) is 11.0. The molecule has 1 saturated heterocycles. The van der Waals surface area contributed by atoms with E-state index in [4.69, 9.17) is 15.7 Å². The number of rotatable bonds is 9. The van der Waals surface area contributed by atoms with Crippen LogP contribution in [0.1, 0.15) is 81.3 Å². The van der Waals surface area contributed by atoms with Gasteiger partial charge in [0.05, 0.1) is 5.56 Å². The summed E-state index contributed by atoms with van der Waals surface area (Å²) in [6, 6.07) is 3.94. The molecule has 1 aromatic carbocycles. The van der Waals surface area contributed by atoms with Gasteiger partial charge >= 0.3 is 6.18 Å². The molecule has 1 fully saturated rings. The highest BCUT2D eigenvalue weighted by Gasteiger charge is 2.35. The van der Waals surface area contributed by atoms with Crippen molar-refractivity contribution in [3.8, 4) is 11.4 Å².